The van der Waals surface area contributed by atoms with Gasteiger partial charge in [-0.25, -0.2) is 0 Å². The summed E-state index contributed by atoms with van der Waals surface area (Å²) in [7, 11) is 0. The molecule has 1 aromatic rings. The first-order chi connectivity index (χ1) is 8.83. The standard InChI is InChI=1S/C18H31N/c1-7-11-19-16(13-18(4,5)6)12-17-14(2)9-8-10-15(17)3/h8-10,16,19H,7,11-13H2,1-6H3. The molecule has 0 saturated heterocycles. The van der Waals surface area contributed by atoms with E-state index in [9.17, 15) is 0 Å². The average molecular weight is 261 g/mol. The molecule has 1 atom stereocenters. The summed E-state index contributed by atoms with van der Waals surface area (Å²) in [6.45, 7) is 14.8. The number of nitrogens with one attached hydrogen (secondary N) is 1. The van der Waals surface area contributed by atoms with Crippen molar-refractivity contribution in [2.45, 2.75) is 66.8 Å². The maximum Gasteiger partial charge on any atom is 0.0113 e. The van der Waals surface area contributed by atoms with Crippen molar-refractivity contribution in [2.24, 2.45) is 5.41 Å². The molecule has 0 saturated carbocycles. The second-order valence-corrected chi connectivity index (χ2v) is 6.99. The fourth-order valence-electron chi connectivity index (χ4n) is 2.72. The van der Waals surface area contributed by atoms with Gasteiger partial charge in [-0.15, -0.1) is 0 Å². The third-order valence-corrected chi connectivity index (χ3v) is 3.64. The van der Waals surface area contributed by atoms with Gasteiger partial charge < -0.3 is 5.32 Å². The lowest BCUT2D eigenvalue weighted by atomic mass is 9.84. The molecule has 0 radical (unpaired) electrons. The van der Waals surface area contributed by atoms with E-state index in [1.807, 2.05) is 0 Å². The predicted molar refractivity (Wildman–Crippen MR) is 85.8 cm³/mol. The zero-order valence-electron chi connectivity index (χ0n) is 13.6. The normalized spacial score (nSPS) is 13.6. The summed E-state index contributed by atoms with van der Waals surface area (Å²) in [5, 5.41) is 3.73. The van der Waals surface area contributed by atoms with Gasteiger partial charge in [0.25, 0.3) is 0 Å². The topological polar surface area (TPSA) is 12.0 Å². The molecule has 1 N–H and O–H groups in total. The van der Waals surface area contributed by atoms with Crippen LogP contribution in [0.1, 0.15) is 57.2 Å². The number of hydrogen-bond donors (Lipinski definition) is 1. The number of rotatable bonds is 6. The lowest BCUT2D eigenvalue weighted by Gasteiger charge is -2.28. The van der Waals surface area contributed by atoms with Crippen LogP contribution < -0.4 is 5.32 Å². The summed E-state index contributed by atoms with van der Waals surface area (Å²) >= 11 is 0. The zero-order valence-corrected chi connectivity index (χ0v) is 13.6. The van der Waals surface area contributed by atoms with Crippen LogP contribution in [0, 0.1) is 19.3 Å². The van der Waals surface area contributed by atoms with Crippen molar-refractivity contribution in [3.05, 3.63) is 34.9 Å². The van der Waals surface area contributed by atoms with Crippen LogP contribution in [0.15, 0.2) is 18.2 Å². The Morgan fingerprint density at radius 2 is 1.68 bits per heavy atom. The summed E-state index contributed by atoms with van der Waals surface area (Å²) in [6, 6.07) is 7.21. The second kappa shape index (κ2) is 7.09. The summed E-state index contributed by atoms with van der Waals surface area (Å²) < 4.78 is 0. The first-order valence-corrected chi connectivity index (χ1v) is 7.62. The average Bonchev–Trinajstić information content (AvgIpc) is 2.29. The SMILES string of the molecule is CCCNC(Cc1c(C)cccc1C)CC(C)(C)C. The van der Waals surface area contributed by atoms with Crippen molar-refractivity contribution in [2.75, 3.05) is 6.54 Å². The highest BCUT2D eigenvalue weighted by molar-refractivity contribution is 5.34. The van der Waals surface area contributed by atoms with Gasteiger partial charge in [-0.3, -0.25) is 0 Å². The fourth-order valence-corrected chi connectivity index (χ4v) is 2.72. The molecule has 1 heteroatoms. The van der Waals surface area contributed by atoms with E-state index >= 15 is 0 Å². The lowest BCUT2D eigenvalue weighted by molar-refractivity contribution is 0.306. The molecule has 0 fully saturated rings. The lowest BCUT2D eigenvalue weighted by Crippen LogP contribution is -2.35. The molecule has 0 bridgehead atoms. The fraction of sp³-hybridized carbons (Fsp3) is 0.667. The molecular weight excluding hydrogens is 230 g/mol. The quantitative estimate of drug-likeness (QED) is 0.786. The van der Waals surface area contributed by atoms with E-state index in [4.69, 9.17) is 0 Å². The maximum atomic E-state index is 3.73. The first-order valence-electron chi connectivity index (χ1n) is 7.62. The van der Waals surface area contributed by atoms with E-state index in [2.05, 4.69) is 65.1 Å². The monoisotopic (exact) mass is 261 g/mol. The van der Waals surface area contributed by atoms with Crippen LogP contribution in [0.2, 0.25) is 0 Å². The highest BCUT2D eigenvalue weighted by Gasteiger charge is 2.19. The minimum Gasteiger partial charge on any atom is -0.314 e. The Kier molecular flexibility index (Phi) is 6.06. The van der Waals surface area contributed by atoms with Crippen LogP contribution in [-0.2, 0) is 6.42 Å². The summed E-state index contributed by atoms with van der Waals surface area (Å²) in [6.07, 6.45) is 3.57. The molecule has 0 heterocycles. The van der Waals surface area contributed by atoms with Gasteiger partial charge in [-0.05, 0) is 61.8 Å². The summed E-state index contributed by atoms with van der Waals surface area (Å²) in [5.74, 6) is 0. The van der Waals surface area contributed by atoms with Crippen molar-refractivity contribution < 1.29 is 0 Å². The number of hydrogen-bond acceptors (Lipinski definition) is 1. The van der Waals surface area contributed by atoms with E-state index in [-0.39, 0.29) is 0 Å². The van der Waals surface area contributed by atoms with Crippen molar-refractivity contribution >= 4 is 0 Å². The summed E-state index contributed by atoms with van der Waals surface area (Å²) in [4.78, 5) is 0. The molecule has 1 nitrogen and oxygen atoms in total. The molecule has 1 rings (SSSR count). The minimum atomic E-state index is 0.377. The third-order valence-electron chi connectivity index (χ3n) is 3.64. The summed E-state index contributed by atoms with van der Waals surface area (Å²) in [5.41, 5.74) is 4.76. The first kappa shape index (κ1) is 16.2. The van der Waals surface area contributed by atoms with Crippen LogP contribution in [0.4, 0.5) is 0 Å². The predicted octanol–water partition coefficient (Wildman–Crippen LogP) is 4.65. The molecule has 0 amide bonds. The Balaban J connectivity index is 2.81. The molecule has 1 aromatic carbocycles. The second-order valence-electron chi connectivity index (χ2n) is 6.99. The van der Waals surface area contributed by atoms with Crippen LogP contribution in [0.5, 0.6) is 0 Å². The van der Waals surface area contributed by atoms with Gasteiger partial charge in [0.2, 0.25) is 0 Å². The van der Waals surface area contributed by atoms with E-state index < -0.39 is 0 Å². The van der Waals surface area contributed by atoms with Gasteiger partial charge >= 0.3 is 0 Å². The molecule has 108 valence electrons. The Morgan fingerprint density at radius 1 is 1.11 bits per heavy atom. The van der Waals surface area contributed by atoms with Crippen molar-refractivity contribution in [3.63, 3.8) is 0 Å². The van der Waals surface area contributed by atoms with Gasteiger partial charge in [0.15, 0.2) is 0 Å². The zero-order chi connectivity index (χ0) is 14.5. The van der Waals surface area contributed by atoms with Gasteiger partial charge in [0, 0.05) is 6.04 Å². The van der Waals surface area contributed by atoms with Gasteiger partial charge in [0.05, 0.1) is 0 Å². The maximum absolute atomic E-state index is 3.73. The molecule has 19 heavy (non-hydrogen) atoms. The van der Waals surface area contributed by atoms with Gasteiger partial charge in [-0.2, -0.15) is 0 Å². The van der Waals surface area contributed by atoms with Crippen molar-refractivity contribution in [1.82, 2.24) is 5.32 Å². The van der Waals surface area contributed by atoms with E-state index in [1.54, 1.807) is 0 Å². The minimum absolute atomic E-state index is 0.377. The highest BCUT2D eigenvalue weighted by atomic mass is 14.9. The Morgan fingerprint density at radius 3 is 2.16 bits per heavy atom. The third kappa shape index (κ3) is 5.78. The smallest absolute Gasteiger partial charge is 0.0113 e. The molecule has 0 aliphatic rings. The Hall–Kier alpha value is -0.820. The van der Waals surface area contributed by atoms with Crippen molar-refractivity contribution in [3.8, 4) is 0 Å². The van der Waals surface area contributed by atoms with Crippen LogP contribution in [0.25, 0.3) is 0 Å². The van der Waals surface area contributed by atoms with E-state index in [0.717, 1.165) is 13.0 Å². The number of benzene rings is 1. The molecule has 0 aliphatic carbocycles. The van der Waals surface area contributed by atoms with Crippen LogP contribution in [0.3, 0.4) is 0 Å². The van der Waals surface area contributed by atoms with Crippen LogP contribution in [-0.4, -0.2) is 12.6 Å². The Bertz CT molecular complexity index is 367. The molecule has 0 spiro atoms. The van der Waals surface area contributed by atoms with Crippen molar-refractivity contribution in [1.29, 1.82) is 0 Å². The largest absolute Gasteiger partial charge is 0.314 e. The Labute approximate surface area is 119 Å². The van der Waals surface area contributed by atoms with Gasteiger partial charge in [0.1, 0.15) is 0 Å². The molecular formula is C18H31N. The highest BCUT2D eigenvalue weighted by Crippen LogP contribution is 2.24. The number of aryl methyl sites for hydroxylation is 2. The molecule has 0 aromatic heterocycles. The van der Waals surface area contributed by atoms with E-state index in [0.29, 0.717) is 11.5 Å². The van der Waals surface area contributed by atoms with Gasteiger partial charge in [-0.1, -0.05) is 45.9 Å². The van der Waals surface area contributed by atoms with Crippen LogP contribution >= 0.6 is 0 Å². The van der Waals surface area contributed by atoms with E-state index in [1.165, 1.54) is 29.5 Å². The molecule has 0 aliphatic heterocycles. The molecule has 1 unspecified atom stereocenters.